The monoisotopic (exact) mass is 359 g/mol. The van der Waals surface area contributed by atoms with Crippen molar-refractivity contribution in [3.63, 3.8) is 0 Å². The maximum atomic E-state index is 10.1. The van der Waals surface area contributed by atoms with Crippen LogP contribution >= 0.6 is 0 Å². The van der Waals surface area contributed by atoms with E-state index >= 15 is 0 Å². The second kappa shape index (κ2) is 11.5. The molecule has 0 aromatic heterocycles. The molecule has 0 fully saturated rings. The number of benzene rings is 2. The topological polar surface area (TPSA) is 51.2 Å². The normalized spacial score (nSPS) is 12.2. The maximum absolute atomic E-state index is 10.1. The van der Waals surface area contributed by atoms with Gasteiger partial charge in [-0.15, -0.1) is 0 Å². The smallest absolute Gasteiger partial charge is 0.124 e. The van der Waals surface area contributed by atoms with Gasteiger partial charge in [0.05, 0.1) is 33.0 Å². The molecule has 0 radical (unpaired) electrons. The second-order valence-corrected chi connectivity index (χ2v) is 6.26. The van der Waals surface area contributed by atoms with Crippen LogP contribution in [-0.2, 0) is 11.3 Å². The molecule has 1 N–H and O–H groups in total. The van der Waals surface area contributed by atoms with Crippen molar-refractivity contribution in [3.05, 3.63) is 60.2 Å². The van der Waals surface area contributed by atoms with E-state index in [1.165, 1.54) is 0 Å². The first-order valence-corrected chi connectivity index (χ1v) is 8.93. The number of ether oxygens (including phenoxy) is 3. The number of hydrogen-bond acceptors (Lipinski definition) is 5. The molecule has 5 nitrogen and oxygen atoms in total. The lowest BCUT2D eigenvalue weighted by Crippen LogP contribution is -2.33. The second-order valence-electron chi connectivity index (χ2n) is 6.26. The van der Waals surface area contributed by atoms with E-state index in [0.29, 0.717) is 26.4 Å². The Morgan fingerprint density at radius 1 is 1.04 bits per heavy atom. The molecule has 2 aromatic carbocycles. The van der Waals surface area contributed by atoms with Gasteiger partial charge in [-0.2, -0.15) is 0 Å². The fraction of sp³-hybridized carbons (Fsp3) is 0.429. The molecule has 26 heavy (non-hydrogen) atoms. The van der Waals surface area contributed by atoms with Gasteiger partial charge in [0.1, 0.15) is 11.5 Å². The van der Waals surface area contributed by atoms with E-state index < -0.39 is 6.10 Å². The van der Waals surface area contributed by atoms with Crippen LogP contribution in [0.25, 0.3) is 0 Å². The van der Waals surface area contributed by atoms with Gasteiger partial charge in [0.15, 0.2) is 0 Å². The summed E-state index contributed by atoms with van der Waals surface area (Å²) in [5, 5.41) is 10.1. The Hall–Kier alpha value is -2.08. The molecular weight excluding hydrogens is 330 g/mol. The Morgan fingerprint density at radius 2 is 1.77 bits per heavy atom. The fourth-order valence-corrected chi connectivity index (χ4v) is 2.67. The van der Waals surface area contributed by atoms with Gasteiger partial charge in [0, 0.05) is 18.7 Å². The van der Waals surface area contributed by atoms with Crippen molar-refractivity contribution in [1.82, 2.24) is 4.90 Å². The van der Waals surface area contributed by atoms with Gasteiger partial charge in [0.2, 0.25) is 0 Å². The van der Waals surface area contributed by atoms with E-state index in [-0.39, 0.29) is 0 Å². The predicted octanol–water partition coefficient (Wildman–Crippen LogP) is 2.97. The van der Waals surface area contributed by atoms with E-state index in [4.69, 9.17) is 14.2 Å². The molecule has 0 aliphatic carbocycles. The zero-order valence-corrected chi connectivity index (χ0v) is 15.6. The summed E-state index contributed by atoms with van der Waals surface area (Å²) in [4.78, 5) is 2.09. The molecule has 0 spiro atoms. The van der Waals surface area contributed by atoms with Crippen molar-refractivity contribution in [2.75, 3.05) is 40.5 Å². The highest BCUT2D eigenvalue weighted by atomic mass is 16.5. The zero-order chi connectivity index (χ0) is 18.6. The van der Waals surface area contributed by atoms with E-state index in [0.717, 1.165) is 30.0 Å². The average Bonchev–Trinajstić information content (AvgIpc) is 2.66. The minimum atomic E-state index is -0.523. The summed E-state index contributed by atoms with van der Waals surface area (Å²) in [5.74, 6) is 1.69. The van der Waals surface area contributed by atoms with Gasteiger partial charge in [-0.3, -0.25) is 0 Å². The number of likely N-dealkylation sites (N-methyl/N-ethyl adjacent to an activating group) is 1. The van der Waals surface area contributed by atoms with Crippen LogP contribution < -0.4 is 9.47 Å². The van der Waals surface area contributed by atoms with Crippen molar-refractivity contribution in [3.8, 4) is 11.5 Å². The molecule has 0 saturated heterocycles. The van der Waals surface area contributed by atoms with Crippen LogP contribution in [-0.4, -0.2) is 56.6 Å². The summed E-state index contributed by atoms with van der Waals surface area (Å²) in [6, 6.07) is 17.5. The van der Waals surface area contributed by atoms with Crippen LogP contribution in [0.3, 0.4) is 0 Å². The van der Waals surface area contributed by atoms with Gasteiger partial charge in [-0.25, -0.2) is 0 Å². The van der Waals surface area contributed by atoms with Crippen LogP contribution in [0.4, 0.5) is 0 Å². The molecule has 0 bridgehead atoms. The summed E-state index contributed by atoms with van der Waals surface area (Å²) in [7, 11) is 3.64. The van der Waals surface area contributed by atoms with Crippen molar-refractivity contribution in [2.45, 2.75) is 19.1 Å². The first-order valence-electron chi connectivity index (χ1n) is 8.93. The highest BCUT2D eigenvalue weighted by molar-refractivity contribution is 5.32. The molecule has 5 heteroatoms. The first-order chi connectivity index (χ1) is 12.7. The molecule has 0 amide bonds. The van der Waals surface area contributed by atoms with Crippen LogP contribution in [0.5, 0.6) is 11.5 Å². The molecular formula is C21H29NO4. The Balaban J connectivity index is 1.57. The third-order valence-corrected chi connectivity index (χ3v) is 3.98. The molecule has 0 saturated carbocycles. The van der Waals surface area contributed by atoms with E-state index in [2.05, 4.69) is 4.90 Å². The fourth-order valence-electron chi connectivity index (χ4n) is 2.67. The van der Waals surface area contributed by atoms with Gasteiger partial charge in [0.25, 0.3) is 0 Å². The molecule has 142 valence electrons. The quantitative estimate of drug-likeness (QED) is 0.591. The summed E-state index contributed by atoms with van der Waals surface area (Å²) in [6.45, 7) is 2.81. The first kappa shape index (κ1) is 20.2. The zero-order valence-electron chi connectivity index (χ0n) is 15.6. The van der Waals surface area contributed by atoms with Crippen LogP contribution in [0, 0.1) is 0 Å². The lowest BCUT2D eigenvalue weighted by Gasteiger charge is -2.20. The molecule has 2 rings (SSSR count). The molecule has 0 aliphatic rings. The van der Waals surface area contributed by atoms with Crippen molar-refractivity contribution in [2.24, 2.45) is 0 Å². The van der Waals surface area contributed by atoms with Crippen LogP contribution in [0.1, 0.15) is 12.0 Å². The van der Waals surface area contributed by atoms with Gasteiger partial charge in [-0.05, 0) is 31.7 Å². The summed E-state index contributed by atoms with van der Waals surface area (Å²) >= 11 is 0. The Bertz CT molecular complexity index is 620. The lowest BCUT2D eigenvalue weighted by molar-refractivity contribution is 0.0127. The van der Waals surface area contributed by atoms with Gasteiger partial charge >= 0.3 is 0 Å². The highest BCUT2D eigenvalue weighted by Gasteiger charge is 2.09. The third kappa shape index (κ3) is 7.44. The lowest BCUT2D eigenvalue weighted by atomic mass is 10.2. The minimum absolute atomic E-state index is 0.295. The number of aliphatic hydroxyl groups is 1. The molecule has 0 aliphatic heterocycles. The summed E-state index contributed by atoms with van der Waals surface area (Å²) in [6.07, 6.45) is 0.380. The van der Waals surface area contributed by atoms with E-state index in [1.807, 2.05) is 61.6 Å². The average molecular weight is 359 g/mol. The van der Waals surface area contributed by atoms with Crippen molar-refractivity contribution < 1.29 is 19.3 Å². The maximum Gasteiger partial charge on any atom is 0.124 e. The van der Waals surface area contributed by atoms with Crippen LogP contribution in [0.15, 0.2) is 54.6 Å². The summed E-state index contributed by atoms with van der Waals surface area (Å²) in [5.41, 5.74) is 0.980. The SMILES string of the molecule is COc1ccccc1COCC(O)CN(C)CCCOc1ccccc1. The third-order valence-electron chi connectivity index (χ3n) is 3.98. The Labute approximate surface area is 156 Å². The van der Waals surface area contributed by atoms with E-state index in [1.54, 1.807) is 7.11 Å². The number of nitrogens with zero attached hydrogens (tertiary/aromatic N) is 1. The van der Waals surface area contributed by atoms with Gasteiger partial charge in [-0.1, -0.05) is 36.4 Å². The number of rotatable bonds is 12. The Kier molecular flexibility index (Phi) is 8.96. The Morgan fingerprint density at radius 3 is 2.54 bits per heavy atom. The largest absolute Gasteiger partial charge is 0.496 e. The highest BCUT2D eigenvalue weighted by Crippen LogP contribution is 2.18. The van der Waals surface area contributed by atoms with Gasteiger partial charge < -0.3 is 24.2 Å². The number of hydrogen-bond donors (Lipinski definition) is 1. The molecule has 0 heterocycles. The number of para-hydroxylation sites is 2. The van der Waals surface area contributed by atoms with Crippen molar-refractivity contribution >= 4 is 0 Å². The standard InChI is InChI=1S/C21H29NO4/c1-22(13-8-14-26-20-10-4-3-5-11-20)15-19(23)17-25-16-18-9-6-7-12-21(18)24-2/h3-7,9-12,19,23H,8,13-17H2,1-2H3. The molecule has 1 atom stereocenters. The minimum Gasteiger partial charge on any atom is -0.496 e. The predicted molar refractivity (Wildman–Crippen MR) is 103 cm³/mol. The molecule has 1 unspecified atom stereocenters. The number of methoxy groups -OCH3 is 1. The van der Waals surface area contributed by atoms with Crippen molar-refractivity contribution in [1.29, 1.82) is 0 Å². The van der Waals surface area contributed by atoms with Crippen LogP contribution in [0.2, 0.25) is 0 Å². The number of aliphatic hydroxyl groups excluding tert-OH is 1. The molecule has 2 aromatic rings. The van der Waals surface area contributed by atoms with E-state index in [9.17, 15) is 5.11 Å². The summed E-state index contributed by atoms with van der Waals surface area (Å²) < 4.78 is 16.6.